The number of unbranched alkanes of at least 4 members (excludes halogenated alkanes) is 10. The van der Waals surface area contributed by atoms with Crippen molar-refractivity contribution in [1.29, 1.82) is 0 Å². The highest BCUT2D eigenvalue weighted by atomic mass is 32.2. The van der Waals surface area contributed by atoms with Crippen LogP contribution in [0.5, 0.6) is 0 Å². The van der Waals surface area contributed by atoms with Gasteiger partial charge in [-0.05, 0) is 6.26 Å². The smallest absolute Gasteiger partial charge is 0.209 e. The molecular formula is C17H37BS. The molecule has 0 spiro atoms. The van der Waals surface area contributed by atoms with Gasteiger partial charge < -0.3 is 0 Å². The Balaban J connectivity index is 3.30. The van der Waals surface area contributed by atoms with E-state index in [9.17, 15) is 0 Å². The quantitative estimate of drug-likeness (QED) is 0.229. The highest BCUT2D eigenvalue weighted by Gasteiger charge is 2.11. The molecule has 0 aliphatic heterocycles. The summed E-state index contributed by atoms with van der Waals surface area (Å²) >= 11 is 2.11. The van der Waals surface area contributed by atoms with Gasteiger partial charge in [0.15, 0.2) is 0 Å². The van der Waals surface area contributed by atoms with Gasteiger partial charge in [0, 0.05) is 0 Å². The van der Waals surface area contributed by atoms with E-state index in [-0.39, 0.29) is 0 Å². The summed E-state index contributed by atoms with van der Waals surface area (Å²) < 4.78 is 0. The number of hydrogen-bond acceptors (Lipinski definition) is 1. The second-order valence-corrected chi connectivity index (χ2v) is 7.11. The minimum Gasteiger partial charge on any atom is -0.213 e. The van der Waals surface area contributed by atoms with Crippen molar-refractivity contribution in [2.24, 2.45) is 0 Å². The second-order valence-electron chi connectivity index (χ2n) is 5.97. The first-order valence-corrected chi connectivity index (χ1v) is 10.2. The molecule has 0 aliphatic carbocycles. The van der Waals surface area contributed by atoms with E-state index in [4.69, 9.17) is 0 Å². The van der Waals surface area contributed by atoms with Crippen molar-refractivity contribution in [3.05, 3.63) is 0 Å². The predicted molar refractivity (Wildman–Crippen MR) is 95.6 cm³/mol. The molecule has 0 aromatic carbocycles. The van der Waals surface area contributed by atoms with E-state index in [1.807, 2.05) is 0 Å². The molecule has 0 rings (SSSR count). The van der Waals surface area contributed by atoms with Crippen LogP contribution < -0.4 is 0 Å². The first-order valence-electron chi connectivity index (χ1n) is 8.87. The molecule has 0 nitrogen and oxygen atoms in total. The van der Waals surface area contributed by atoms with Gasteiger partial charge in [0.05, 0.1) is 0 Å². The molecule has 0 saturated heterocycles. The maximum atomic E-state index is 2.30. The Morgan fingerprint density at radius 1 is 0.579 bits per heavy atom. The third-order valence-corrected chi connectivity index (χ3v) is 5.23. The molecule has 19 heavy (non-hydrogen) atoms. The molecule has 0 saturated carbocycles. The van der Waals surface area contributed by atoms with Gasteiger partial charge in [-0.1, -0.05) is 104 Å². The van der Waals surface area contributed by atoms with Crippen LogP contribution in [0.3, 0.4) is 0 Å². The minimum atomic E-state index is 0.942. The summed E-state index contributed by atoms with van der Waals surface area (Å²) in [6.07, 6.45) is 22.5. The van der Waals surface area contributed by atoms with E-state index in [0.29, 0.717) is 0 Å². The van der Waals surface area contributed by atoms with E-state index >= 15 is 0 Å². The summed E-state index contributed by atoms with van der Waals surface area (Å²) in [5.74, 6) is 0.942. The molecule has 0 N–H and O–H groups in total. The topological polar surface area (TPSA) is 0 Å². The van der Waals surface area contributed by atoms with Crippen LogP contribution in [0.15, 0.2) is 0 Å². The van der Waals surface area contributed by atoms with Gasteiger partial charge in [-0.15, -0.1) is 0 Å². The van der Waals surface area contributed by atoms with Crippen LogP contribution in [0.4, 0.5) is 0 Å². The van der Waals surface area contributed by atoms with E-state index in [2.05, 4.69) is 31.7 Å². The molecule has 2 heteroatoms. The second kappa shape index (κ2) is 16.5. The Hall–Kier alpha value is 0.415. The Labute approximate surface area is 127 Å². The lowest BCUT2D eigenvalue weighted by Gasteiger charge is -2.10. The maximum Gasteiger partial charge on any atom is 0.209 e. The Kier molecular flexibility index (Phi) is 16.8. The van der Waals surface area contributed by atoms with Gasteiger partial charge in [-0.2, -0.15) is 0 Å². The van der Waals surface area contributed by atoms with Gasteiger partial charge >= 0.3 is 0 Å². The Morgan fingerprint density at radius 2 is 0.947 bits per heavy atom. The normalized spacial score (nSPS) is 10.9. The van der Waals surface area contributed by atoms with E-state index in [1.54, 1.807) is 0 Å². The molecule has 114 valence electrons. The van der Waals surface area contributed by atoms with Crippen molar-refractivity contribution in [2.45, 2.75) is 104 Å². The zero-order valence-electron chi connectivity index (χ0n) is 13.9. The van der Waals surface area contributed by atoms with Crippen molar-refractivity contribution in [3.63, 3.8) is 0 Å². The molecule has 0 aromatic rings. The zero-order valence-corrected chi connectivity index (χ0v) is 14.7. The molecule has 0 radical (unpaired) electrons. The molecule has 0 aromatic heterocycles. The summed E-state index contributed by atoms with van der Waals surface area (Å²) in [7, 11) is 0. The van der Waals surface area contributed by atoms with Crippen LogP contribution in [0, 0.1) is 0 Å². The monoisotopic (exact) mass is 284 g/mol. The summed E-state index contributed by atoms with van der Waals surface area (Å²) in [6, 6.07) is 0. The standard InChI is InChI=1S/C17H37BS/c1-4-6-8-10-12-14-16-18(19-3)17-15-13-11-9-7-5-2/h4-17H2,1-3H3. The van der Waals surface area contributed by atoms with Gasteiger partial charge in [0.1, 0.15) is 0 Å². The lowest BCUT2D eigenvalue weighted by Crippen LogP contribution is -2.06. The van der Waals surface area contributed by atoms with Crippen molar-refractivity contribution in [1.82, 2.24) is 0 Å². The third-order valence-electron chi connectivity index (χ3n) is 4.09. The fourth-order valence-electron chi connectivity index (χ4n) is 2.68. The van der Waals surface area contributed by atoms with E-state index < -0.39 is 0 Å². The van der Waals surface area contributed by atoms with Crippen molar-refractivity contribution < 1.29 is 0 Å². The summed E-state index contributed by atoms with van der Waals surface area (Å²) in [4.78, 5) is 0. The summed E-state index contributed by atoms with van der Waals surface area (Å²) in [5, 5.41) is 0. The first kappa shape index (κ1) is 19.4. The average molecular weight is 284 g/mol. The third kappa shape index (κ3) is 14.6. The highest BCUT2D eigenvalue weighted by Crippen LogP contribution is 2.20. The molecule has 0 bridgehead atoms. The first-order chi connectivity index (χ1) is 9.35. The molecule has 0 fully saturated rings. The van der Waals surface area contributed by atoms with Crippen LogP contribution in [-0.4, -0.2) is 12.2 Å². The van der Waals surface area contributed by atoms with E-state index in [1.165, 1.54) is 89.7 Å². The molecular weight excluding hydrogens is 247 g/mol. The van der Waals surface area contributed by atoms with Crippen molar-refractivity contribution in [2.75, 3.05) is 6.26 Å². The fourth-order valence-corrected chi connectivity index (χ4v) is 3.49. The highest BCUT2D eigenvalue weighted by molar-refractivity contribution is 8.25. The Morgan fingerprint density at radius 3 is 1.32 bits per heavy atom. The molecule has 0 aliphatic rings. The minimum absolute atomic E-state index is 0.942. The molecule has 0 unspecified atom stereocenters. The Bertz CT molecular complexity index is 145. The lowest BCUT2D eigenvalue weighted by atomic mass is 9.66. The summed E-state index contributed by atoms with van der Waals surface area (Å²) in [6.45, 7) is 4.59. The fraction of sp³-hybridized carbons (Fsp3) is 1.00. The predicted octanol–water partition coefficient (Wildman–Crippen LogP) is 7.06. The zero-order chi connectivity index (χ0) is 14.2. The maximum absolute atomic E-state index is 2.30. The largest absolute Gasteiger partial charge is 0.213 e. The van der Waals surface area contributed by atoms with Gasteiger partial charge in [0.25, 0.3) is 0 Å². The molecule has 0 heterocycles. The van der Waals surface area contributed by atoms with Gasteiger partial charge in [-0.25, -0.2) is 11.6 Å². The average Bonchev–Trinajstić information content (AvgIpc) is 2.44. The van der Waals surface area contributed by atoms with Crippen LogP contribution in [0.2, 0.25) is 12.6 Å². The van der Waals surface area contributed by atoms with Gasteiger partial charge in [-0.3, -0.25) is 0 Å². The van der Waals surface area contributed by atoms with Crippen LogP contribution in [-0.2, 0) is 0 Å². The SMILES string of the molecule is CCCCCCCCB(CCCCCCCC)SC. The van der Waals surface area contributed by atoms with Crippen molar-refractivity contribution in [3.8, 4) is 0 Å². The van der Waals surface area contributed by atoms with Crippen LogP contribution in [0.25, 0.3) is 0 Å². The van der Waals surface area contributed by atoms with Crippen molar-refractivity contribution >= 4 is 17.6 Å². The number of hydrogen-bond donors (Lipinski definition) is 0. The molecule has 0 amide bonds. The van der Waals surface area contributed by atoms with Crippen LogP contribution in [0.1, 0.15) is 90.9 Å². The lowest BCUT2D eigenvalue weighted by molar-refractivity contribution is 0.618. The molecule has 0 atom stereocenters. The number of rotatable bonds is 15. The summed E-state index contributed by atoms with van der Waals surface area (Å²) in [5.41, 5.74) is 0. The van der Waals surface area contributed by atoms with Crippen LogP contribution >= 0.6 is 11.6 Å². The van der Waals surface area contributed by atoms with Gasteiger partial charge in [0.2, 0.25) is 5.99 Å². The van der Waals surface area contributed by atoms with E-state index in [0.717, 1.165) is 5.99 Å².